The number of nitrogens with zero attached hydrogens (tertiary/aromatic N) is 1. The van der Waals surface area contributed by atoms with E-state index in [9.17, 15) is 9.59 Å². The summed E-state index contributed by atoms with van der Waals surface area (Å²) in [5.74, 6) is 1.21. The molecule has 2 heterocycles. The van der Waals surface area contributed by atoms with Crippen molar-refractivity contribution >= 4 is 17.5 Å². The molecule has 1 aromatic heterocycles. The Bertz CT molecular complexity index is 1440. The van der Waals surface area contributed by atoms with Crippen LogP contribution in [0.1, 0.15) is 58.5 Å². The van der Waals surface area contributed by atoms with Gasteiger partial charge < -0.3 is 19.4 Å². The van der Waals surface area contributed by atoms with Crippen LogP contribution in [0, 0.1) is 12.8 Å². The molecule has 4 aromatic rings. The molecule has 0 saturated heterocycles. The van der Waals surface area contributed by atoms with Crippen molar-refractivity contribution in [3.8, 4) is 5.75 Å². The van der Waals surface area contributed by atoms with Gasteiger partial charge in [-0.15, -0.1) is 0 Å². The maximum Gasteiger partial charge on any atom is 0.291 e. The van der Waals surface area contributed by atoms with Crippen molar-refractivity contribution in [2.75, 3.05) is 11.9 Å². The van der Waals surface area contributed by atoms with E-state index in [0.717, 1.165) is 28.8 Å². The topological polar surface area (TPSA) is 71.8 Å². The third kappa shape index (κ3) is 5.49. The van der Waals surface area contributed by atoms with Crippen LogP contribution in [0.4, 0.5) is 5.69 Å². The predicted molar refractivity (Wildman–Crippen MR) is 147 cm³/mol. The minimum atomic E-state index is -0.309. The Morgan fingerprint density at radius 1 is 1.00 bits per heavy atom. The van der Waals surface area contributed by atoms with Crippen LogP contribution in [0.25, 0.3) is 0 Å². The number of amides is 2. The van der Waals surface area contributed by atoms with Crippen LogP contribution in [0.15, 0.2) is 89.3 Å². The van der Waals surface area contributed by atoms with Gasteiger partial charge in [0.1, 0.15) is 18.1 Å². The lowest BCUT2D eigenvalue weighted by molar-refractivity contribution is -0.136. The van der Waals surface area contributed by atoms with Crippen LogP contribution >= 0.6 is 0 Å². The van der Waals surface area contributed by atoms with Gasteiger partial charge in [-0.1, -0.05) is 62.4 Å². The molecule has 1 aliphatic heterocycles. The maximum atomic E-state index is 13.1. The van der Waals surface area contributed by atoms with Crippen LogP contribution in [0.3, 0.4) is 0 Å². The van der Waals surface area contributed by atoms with Crippen LogP contribution in [0.5, 0.6) is 5.75 Å². The lowest BCUT2D eigenvalue weighted by Crippen LogP contribution is -2.42. The highest BCUT2D eigenvalue weighted by Crippen LogP contribution is 2.38. The van der Waals surface area contributed by atoms with E-state index in [1.54, 1.807) is 12.1 Å². The molecule has 0 spiro atoms. The number of anilines is 1. The molecule has 3 aromatic carbocycles. The van der Waals surface area contributed by atoms with E-state index in [2.05, 4.69) is 23.5 Å². The SMILES string of the molecule is Cc1cccc(NC(=O)c2ccc(COc3ccc4c(c3)[C@H](c3ccccc3)N(C(=O)C(C)C)CC4)o2)c1. The molecule has 1 aliphatic rings. The zero-order valence-corrected chi connectivity index (χ0v) is 21.9. The van der Waals surface area contributed by atoms with Gasteiger partial charge in [-0.2, -0.15) is 0 Å². The highest BCUT2D eigenvalue weighted by Gasteiger charge is 2.33. The van der Waals surface area contributed by atoms with Gasteiger partial charge in [0.05, 0.1) is 6.04 Å². The fourth-order valence-corrected chi connectivity index (χ4v) is 4.89. The number of benzene rings is 3. The number of carbonyl (C=O) groups is 2. The minimum absolute atomic E-state index is 0.0848. The van der Waals surface area contributed by atoms with Gasteiger partial charge in [-0.25, -0.2) is 0 Å². The minimum Gasteiger partial charge on any atom is -0.486 e. The van der Waals surface area contributed by atoms with E-state index in [-0.39, 0.29) is 36.1 Å². The van der Waals surface area contributed by atoms with Crippen molar-refractivity contribution in [3.63, 3.8) is 0 Å². The lowest BCUT2D eigenvalue weighted by atomic mass is 9.87. The second-order valence-corrected chi connectivity index (χ2v) is 9.99. The van der Waals surface area contributed by atoms with Gasteiger partial charge in [0.25, 0.3) is 5.91 Å². The molecule has 5 rings (SSSR count). The van der Waals surface area contributed by atoms with Gasteiger partial charge in [-0.05, 0) is 72.0 Å². The van der Waals surface area contributed by atoms with Crippen LogP contribution in [-0.2, 0) is 17.8 Å². The van der Waals surface area contributed by atoms with Crippen molar-refractivity contribution in [1.29, 1.82) is 0 Å². The molecule has 0 unspecified atom stereocenters. The second kappa shape index (κ2) is 11.0. The molecular weight excluding hydrogens is 476 g/mol. The lowest BCUT2D eigenvalue weighted by Gasteiger charge is -2.39. The average molecular weight is 509 g/mol. The molecule has 0 saturated carbocycles. The summed E-state index contributed by atoms with van der Waals surface area (Å²) in [4.78, 5) is 27.7. The van der Waals surface area contributed by atoms with E-state index < -0.39 is 0 Å². The summed E-state index contributed by atoms with van der Waals surface area (Å²) >= 11 is 0. The Labute approximate surface area is 223 Å². The monoisotopic (exact) mass is 508 g/mol. The number of ether oxygens (including phenoxy) is 1. The predicted octanol–water partition coefficient (Wildman–Crippen LogP) is 6.55. The van der Waals surface area contributed by atoms with E-state index in [1.165, 1.54) is 5.56 Å². The first-order valence-corrected chi connectivity index (χ1v) is 13.0. The molecule has 2 amide bonds. The summed E-state index contributed by atoms with van der Waals surface area (Å²) in [7, 11) is 0. The number of hydrogen-bond donors (Lipinski definition) is 1. The Morgan fingerprint density at radius 3 is 2.58 bits per heavy atom. The second-order valence-electron chi connectivity index (χ2n) is 9.99. The van der Waals surface area contributed by atoms with Gasteiger partial charge in [0.15, 0.2) is 5.76 Å². The van der Waals surface area contributed by atoms with Crippen molar-refractivity contribution in [1.82, 2.24) is 4.90 Å². The van der Waals surface area contributed by atoms with Crippen molar-refractivity contribution in [2.24, 2.45) is 5.92 Å². The molecule has 6 heteroatoms. The van der Waals surface area contributed by atoms with E-state index >= 15 is 0 Å². The summed E-state index contributed by atoms with van der Waals surface area (Å²) in [5, 5.41) is 2.86. The first kappa shape index (κ1) is 25.3. The fraction of sp³-hybridized carbons (Fsp3) is 0.250. The number of carbonyl (C=O) groups excluding carboxylic acids is 2. The highest BCUT2D eigenvalue weighted by molar-refractivity contribution is 6.02. The zero-order valence-electron chi connectivity index (χ0n) is 21.9. The Kier molecular flexibility index (Phi) is 7.31. The highest BCUT2D eigenvalue weighted by atomic mass is 16.5. The smallest absolute Gasteiger partial charge is 0.291 e. The first-order valence-electron chi connectivity index (χ1n) is 13.0. The van der Waals surface area contributed by atoms with E-state index in [4.69, 9.17) is 9.15 Å². The zero-order chi connectivity index (χ0) is 26.6. The van der Waals surface area contributed by atoms with Gasteiger partial charge >= 0.3 is 0 Å². The normalized spacial score (nSPS) is 14.7. The molecule has 38 heavy (non-hydrogen) atoms. The van der Waals surface area contributed by atoms with Crippen LogP contribution in [0.2, 0.25) is 0 Å². The Morgan fingerprint density at radius 2 is 1.82 bits per heavy atom. The summed E-state index contributed by atoms with van der Waals surface area (Å²) in [6, 6.07) is 27.0. The molecule has 0 aliphatic carbocycles. The van der Waals surface area contributed by atoms with Crippen LogP contribution < -0.4 is 10.1 Å². The number of fused-ring (bicyclic) bond motifs is 1. The number of aryl methyl sites for hydroxylation is 1. The summed E-state index contributed by atoms with van der Waals surface area (Å²) in [6.45, 7) is 6.72. The van der Waals surface area contributed by atoms with Crippen molar-refractivity contribution in [3.05, 3.63) is 119 Å². The number of hydrogen-bond acceptors (Lipinski definition) is 4. The molecular formula is C32H32N2O4. The number of nitrogens with one attached hydrogen (secondary N) is 1. The first-order chi connectivity index (χ1) is 18.4. The molecule has 6 nitrogen and oxygen atoms in total. The molecule has 194 valence electrons. The van der Waals surface area contributed by atoms with Gasteiger partial charge in [0.2, 0.25) is 5.91 Å². The molecule has 1 atom stereocenters. The maximum absolute atomic E-state index is 13.1. The third-order valence-corrected chi connectivity index (χ3v) is 6.78. The summed E-state index contributed by atoms with van der Waals surface area (Å²) < 4.78 is 11.8. The standard InChI is InChI=1S/C32H32N2O4/c1-21(2)32(36)34-17-16-23-12-13-26(19-28(23)30(34)24-9-5-4-6-10-24)37-20-27-14-15-29(38-27)31(35)33-25-11-7-8-22(3)18-25/h4-15,18-19,21,30H,16-17,20H2,1-3H3,(H,33,35)/t30-/m0/s1. The molecule has 0 fully saturated rings. The molecule has 1 N–H and O–H groups in total. The van der Waals surface area contributed by atoms with E-state index in [0.29, 0.717) is 18.1 Å². The van der Waals surface area contributed by atoms with Gasteiger partial charge in [-0.3, -0.25) is 9.59 Å². The average Bonchev–Trinajstić information content (AvgIpc) is 3.40. The fourth-order valence-electron chi connectivity index (χ4n) is 4.89. The Balaban J connectivity index is 1.32. The van der Waals surface area contributed by atoms with Gasteiger partial charge in [0, 0.05) is 18.2 Å². The van der Waals surface area contributed by atoms with Crippen molar-refractivity contribution in [2.45, 2.75) is 39.8 Å². The molecule has 0 bridgehead atoms. The van der Waals surface area contributed by atoms with Crippen LogP contribution in [-0.4, -0.2) is 23.3 Å². The number of rotatable bonds is 7. The Hall–Kier alpha value is -4.32. The number of furan rings is 1. The largest absolute Gasteiger partial charge is 0.486 e. The third-order valence-electron chi connectivity index (χ3n) is 6.78. The molecule has 0 radical (unpaired) electrons. The van der Waals surface area contributed by atoms with E-state index in [1.807, 2.05) is 80.3 Å². The summed E-state index contributed by atoms with van der Waals surface area (Å²) in [5.41, 5.74) is 5.15. The summed E-state index contributed by atoms with van der Waals surface area (Å²) in [6.07, 6.45) is 0.801. The van der Waals surface area contributed by atoms with Crippen molar-refractivity contribution < 1.29 is 18.7 Å². The quantitative estimate of drug-likeness (QED) is 0.307.